The van der Waals surface area contributed by atoms with Crippen molar-refractivity contribution in [3.63, 3.8) is 0 Å². The number of halogens is 4. The third-order valence-electron chi connectivity index (χ3n) is 6.34. The van der Waals surface area contributed by atoms with Gasteiger partial charge in [0, 0.05) is 31.9 Å². The first-order valence-electron chi connectivity index (χ1n) is 12.7. The van der Waals surface area contributed by atoms with Crippen LogP contribution in [-0.4, -0.2) is 73.6 Å². The molecule has 0 saturated carbocycles. The van der Waals surface area contributed by atoms with Gasteiger partial charge in [-0.15, -0.1) is 10.2 Å². The minimum absolute atomic E-state index is 0.00810. The van der Waals surface area contributed by atoms with Crippen molar-refractivity contribution in [1.29, 1.82) is 0 Å². The zero-order chi connectivity index (χ0) is 31.0. The van der Waals surface area contributed by atoms with Crippen LogP contribution in [0.25, 0.3) is 16.9 Å². The minimum Gasteiger partial charge on any atom is -0.494 e. The average Bonchev–Trinajstić information content (AvgIpc) is 3.57. The molecule has 0 radical (unpaired) electrons. The highest BCUT2D eigenvalue weighted by molar-refractivity contribution is 6.01. The number of carbonyl (C=O) groups excluding carboxylic acids is 1. The normalized spacial score (nSPS) is 11.4. The Hall–Kier alpha value is -5.28. The van der Waals surface area contributed by atoms with E-state index in [1.165, 1.54) is 42.3 Å². The Morgan fingerprint density at radius 2 is 1.81 bits per heavy atom. The first kappa shape index (κ1) is 29.2. The third-order valence-corrected chi connectivity index (χ3v) is 6.34. The lowest BCUT2D eigenvalue weighted by Gasteiger charge is -2.27. The quantitative estimate of drug-likeness (QED) is 0.226. The molecule has 1 N–H and O–H groups in total. The van der Waals surface area contributed by atoms with Gasteiger partial charge in [0.05, 0.1) is 47.0 Å². The van der Waals surface area contributed by atoms with E-state index in [-0.39, 0.29) is 34.5 Å². The molecule has 1 aromatic carbocycles. The molecular formula is C27H25F4N9O3. The van der Waals surface area contributed by atoms with E-state index in [4.69, 9.17) is 4.74 Å². The maximum atomic E-state index is 14.3. The van der Waals surface area contributed by atoms with E-state index in [2.05, 4.69) is 35.0 Å². The number of rotatable bonds is 9. The van der Waals surface area contributed by atoms with E-state index in [0.717, 1.165) is 10.7 Å². The molecule has 0 spiro atoms. The van der Waals surface area contributed by atoms with Crippen LogP contribution in [0.2, 0.25) is 0 Å². The van der Waals surface area contributed by atoms with Crippen molar-refractivity contribution in [2.24, 2.45) is 0 Å². The summed E-state index contributed by atoms with van der Waals surface area (Å²) in [6.45, 7) is -0.0380. The first-order chi connectivity index (χ1) is 20.5. The van der Waals surface area contributed by atoms with Crippen LogP contribution in [0.15, 0.2) is 42.7 Å². The van der Waals surface area contributed by atoms with Crippen molar-refractivity contribution >= 4 is 34.3 Å². The second-order valence-electron chi connectivity index (χ2n) is 9.50. The second kappa shape index (κ2) is 11.5. The van der Waals surface area contributed by atoms with Crippen molar-refractivity contribution in [1.82, 2.24) is 39.8 Å². The van der Waals surface area contributed by atoms with Crippen LogP contribution in [0.4, 0.5) is 34.9 Å². The minimum atomic E-state index is -3.18. The van der Waals surface area contributed by atoms with E-state index >= 15 is 0 Å². The number of aromatic nitrogens is 7. The number of anilines is 3. The Bertz CT molecular complexity index is 1810. The molecule has 5 rings (SSSR count). The van der Waals surface area contributed by atoms with Gasteiger partial charge in [-0.3, -0.25) is 9.69 Å². The summed E-state index contributed by atoms with van der Waals surface area (Å²) in [6.07, 6.45) is -1.52. The SMILES string of the molecule is COc1cc2nc[nH]c2cc1N(c1ccc(C(F)F)c(-n2nc(OC(F)F)cc2C)n1)c1nnc(C)cc1C(=O)N(C)C. The largest absolute Gasteiger partial charge is 0.494 e. The Balaban J connectivity index is 1.82. The van der Waals surface area contributed by atoms with Crippen LogP contribution < -0.4 is 14.4 Å². The van der Waals surface area contributed by atoms with Crippen LogP contribution in [-0.2, 0) is 0 Å². The molecule has 1 amide bonds. The van der Waals surface area contributed by atoms with Crippen molar-refractivity contribution in [3.8, 4) is 17.4 Å². The molecular weight excluding hydrogens is 574 g/mol. The molecule has 5 aromatic rings. The number of hydrogen-bond donors (Lipinski definition) is 1. The van der Waals surface area contributed by atoms with Crippen LogP contribution in [0.1, 0.15) is 33.7 Å². The number of alkyl halides is 4. The predicted octanol–water partition coefficient (Wildman–Crippen LogP) is 5.27. The molecule has 16 heteroatoms. The van der Waals surface area contributed by atoms with E-state index in [0.29, 0.717) is 22.4 Å². The smallest absolute Gasteiger partial charge is 0.388 e. The zero-order valence-electron chi connectivity index (χ0n) is 23.5. The van der Waals surface area contributed by atoms with Crippen LogP contribution in [0.5, 0.6) is 11.6 Å². The number of carbonyl (C=O) groups is 1. The molecule has 4 heterocycles. The van der Waals surface area contributed by atoms with Gasteiger partial charge in [0.2, 0.25) is 5.88 Å². The number of fused-ring (bicyclic) bond motifs is 1. The van der Waals surface area contributed by atoms with Crippen molar-refractivity contribution in [2.75, 3.05) is 26.1 Å². The lowest BCUT2D eigenvalue weighted by molar-refractivity contribution is -0.0530. The van der Waals surface area contributed by atoms with Crippen molar-refractivity contribution in [2.45, 2.75) is 26.9 Å². The van der Waals surface area contributed by atoms with Gasteiger partial charge in [-0.1, -0.05) is 0 Å². The van der Waals surface area contributed by atoms with E-state index < -0.39 is 30.4 Å². The van der Waals surface area contributed by atoms with Gasteiger partial charge in [0.1, 0.15) is 11.6 Å². The number of hydrogen-bond acceptors (Lipinski definition) is 9. The third kappa shape index (κ3) is 5.62. The van der Waals surface area contributed by atoms with Crippen LogP contribution >= 0.6 is 0 Å². The van der Waals surface area contributed by atoms with Gasteiger partial charge in [-0.05, 0) is 38.1 Å². The van der Waals surface area contributed by atoms with Gasteiger partial charge >= 0.3 is 6.61 Å². The average molecular weight is 600 g/mol. The number of methoxy groups -OCH3 is 1. The van der Waals surface area contributed by atoms with E-state index in [1.807, 2.05) is 0 Å². The summed E-state index contributed by atoms with van der Waals surface area (Å²) in [5.41, 5.74) is 1.71. The van der Waals surface area contributed by atoms with Crippen molar-refractivity contribution < 1.29 is 31.8 Å². The summed E-state index contributed by atoms with van der Waals surface area (Å²) in [4.78, 5) is 27.9. The number of amides is 1. The number of nitrogens with zero attached hydrogens (tertiary/aromatic N) is 8. The van der Waals surface area contributed by atoms with Gasteiger partial charge in [0.25, 0.3) is 12.3 Å². The molecule has 4 aromatic heterocycles. The first-order valence-corrected chi connectivity index (χ1v) is 12.7. The predicted molar refractivity (Wildman–Crippen MR) is 147 cm³/mol. The number of benzene rings is 1. The molecule has 0 unspecified atom stereocenters. The van der Waals surface area contributed by atoms with Gasteiger partial charge < -0.3 is 19.4 Å². The fourth-order valence-electron chi connectivity index (χ4n) is 4.40. The number of nitrogens with one attached hydrogen (secondary N) is 1. The molecule has 0 atom stereocenters. The lowest BCUT2D eigenvalue weighted by Crippen LogP contribution is -2.26. The van der Waals surface area contributed by atoms with E-state index in [1.54, 1.807) is 39.2 Å². The number of pyridine rings is 1. The Labute approximate surface area is 241 Å². The highest BCUT2D eigenvalue weighted by Crippen LogP contribution is 2.42. The molecule has 224 valence electrons. The number of aryl methyl sites for hydroxylation is 2. The van der Waals surface area contributed by atoms with Crippen LogP contribution in [0, 0.1) is 13.8 Å². The molecule has 0 aliphatic heterocycles. The Kier molecular flexibility index (Phi) is 7.84. The number of H-pyrrole nitrogens is 1. The van der Waals surface area contributed by atoms with Gasteiger partial charge in [0.15, 0.2) is 11.6 Å². The molecule has 43 heavy (non-hydrogen) atoms. The highest BCUT2D eigenvalue weighted by Gasteiger charge is 2.29. The highest BCUT2D eigenvalue weighted by atomic mass is 19.3. The van der Waals surface area contributed by atoms with Crippen molar-refractivity contribution in [3.05, 3.63) is 65.2 Å². The number of imidazole rings is 1. The van der Waals surface area contributed by atoms with Gasteiger partial charge in [-0.25, -0.2) is 23.4 Å². The summed E-state index contributed by atoms with van der Waals surface area (Å²) in [6, 6.07) is 8.45. The zero-order valence-corrected chi connectivity index (χ0v) is 23.5. The monoisotopic (exact) mass is 599 g/mol. The number of aromatic amines is 1. The maximum Gasteiger partial charge on any atom is 0.388 e. The summed E-state index contributed by atoms with van der Waals surface area (Å²) >= 11 is 0. The summed E-state index contributed by atoms with van der Waals surface area (Å²) in [5.74, 6) is -0.944. The lowest BCUT2D eigenvalue weighted by atomic mass is 10.1. The maximum absolute atomic E-state index is 14.3. The van der Waals surface area contributed by atoms with Crippen LogP contribution in [0.3, 0.4) is 0 Å². The molecule has 0 bridgehead atoms. The van der Waals surface area contributed by atoms with E-state index in [9.17, 15) is 22.4 Å². The molecule has 12 nitrogen and oxygen atoms in total. The molecule has 0 fully saturated rings. The fourth-order valence-corrected chi connectivity index (χ4v) is 4.40. The topological polar surface area (TPSA) is 127 Å². The second-order valence-corrected chi connectivity index (χ2v) is 9.50. The summed E-state index contributed by atoms with van der Waals surface area (Å²) in [7, 11) is 4.56. The standard InChI is InChI=1S/C27H25F4N9O3/c1-13-8-16(26(41)38(3)4)25(36-35-13)39(19-10-17-18(33-12-32-17)11-20(19)42-5)21-7-6-15(23(28)29)24(34-21)40-14(2)9-22(37-40)43-27(30)31/h6-12,23,27H,1-5H3,(H,32,33). The molecule has 0 aliphatic rings. The molecule has 0 saturated heterocycles. The Morgan fingerprint density at radius 3 is 2.49 bits per heavy atom. The fraction of sp³-hybridized carbons (Fsp3) is 0.259. The van der Waals surface area contributed by atoms with Gasteiger partial charge in [-0.2, -0.15) is 13.9 Å². The number of ether oxygens (including phenoxy) is 2. The summed E-state index contributed by atoms with van der Waals surface area (Å²) < 4.78 is 65.3. The Morgan fingerprint density at radius 1 is 1.05 bits per heavy atom. The summed E-state index contributed by atoms with van der Waals surface area (Å²) in [5, 5.41) is 12.4. The molecule has 0 aliphatic carbocycles.